The quantitative estimate of drug-likeness (QED) is 0.434. The minimum absolute atomic E-state index is 0.0449. The van der Waals surface area contributed by atoms with Crippen LogP contribution in [-0.4, -0.2) is 47.9 Å². The molecule has 1 spiro atoms. The van der Waals surface area contributed by atoms with Gasteiger partial charge >= 0.3 is 0 Å². The monoisotopic (exact) mass is 467 g/mol. The van der Waals surface area contributed by atoms with E-state index in [-0.39, 0.29) is 17.2 Å². The minimum atomic E-state index is -0.588. The van der Waals surface area contributed by atoms with Gasteiger partial charge in [-0.25, -0.2) is 0 Å². The zero-order chi connectivity index (χ0) is 24.1. The Bertz CT molecular complexity index is 884. The lowest BCUT2D eigenvalue weighted by atomic mass is 9.73. The van der Waals surface area contributed by atoms with Crippen LogP contribution in [0.4, 0.5) is 0 Å². The number of nitrogens with zero attached hydrogens (tertiary/aromatic N) is 1. The molecule has 2 unspecified atom stereocenters. The maximum atomic E-state index is 6.62. The summed E-state index contributed by atoms with van der Waals surface area (Å²) in [6.07, 6.45) is 4.37. The largest absolute Gasteiger partial charge is 0.374 e. The molecule has 2 aromatic rings. The molecular weight excluding hydrogens is 426 g/mol. The van der Waals surface area contributed by atoms with Gasteiger partial charge in [-0.2, -0.15) is 5.06 Å². The molecule has 5 heteroatoms. The number of hydroxylamine groups is 2. The van der Waals surface area contributed by atoms with Gasteiger partial charge in [0.05, 0.1) is 32.0 Å². The zero-order valence-corrected chi connectivity index (χ0v) is 21.3. The molecule has 0 aromatic heterocycles. The van der Waals surface area contributed by atoms with E-state index < -0.39 is 5.79 Å². The van der Waals surface area contributed by atoms with Gasteiger partial charge in [-0.3, -0.25) is 4.84 Å². The van der Waals surface area contributed by atoms with E-state index in [1.807, 2.05) is 18.2 Å². The summed E-state index contributed by atoms with van der Waals surface area (Å²) in [5.41, 5.74) is 2.11. The van der Waals surface area contributed by atoms with Crippen LogP contribution in [0.15, 0.2) is 60.7 Å². The standard InChI is InChI=1S/C29H41NO4/c1-5-28(6-2)23-29(32-21-26(34-29)20-31-19-25-15-11-8-12-16-25)22-27(3,4)30(28)33-18-17-24-13-9-7-10-14-24/h7-16,26H,5-6,17-23H2,1-4H3. The van der Waals surface area contributed by atoms with E-state index in [0.717, 1.165) is 32.1 Å². The molecular formula is C29H41NO4. The second-order valence-corrected chi connectivity index (χ2v) is 10.4. The average molecular weight is 468 g/mol. The number of ether oxygens (including phenoxy) is 3. The van der Waals surface area contributed by atoms with Gasteiger partial charge in [0.2, 0.25) is 0 Å². The molecule has 2 saturated heterocycles. The van der Waals surface area contributed by atoms with Crippen LogP contribution in [0.5, 0.6) is 0 Å². The molecule has 34 heavy (non-hydrogen) atoms. The first-order valence-electron chi connectivity index (χ1n) is 12.8. The van der Waals surface area contributed by atoms with Crippen molar-refractivity contribution in [3.05, 3.63) is 71.8 Å². The van der Waals surface area contributed by atoms with Gasteiger partial charge in [0.1, 0.15) is 6.10 Å². The van der Waals surface area contributed by atoms with Gasteiger partial charge in [0, 0.05) is 18.4 Å². The lowest BCUT2D eigenvalue weighted by Gasteiger charge is -2.58. The van der Waals surface area contributed by atoms with Crippen molar-refractivity contribution in [3.8, 4) is 0 Å². The van der Waals surface area contributed by atoms with Crippen molar-refractivity contribution in [3.63, 3.8) is 0 Å². The van der Waals surface area contributed by atoms with E-state index in [9.17, 15) is 0 Å². The van der Waals surface area contributed by atoms with E-state index in [1.165, 1.54) is 11.1 Å². The number of rotatable bonds is 10. The van der Waals surface area contributed by atoms with Gasteiger partial charge < -0.3 is 14.2 Å². The van der Waals surface area contributed by atoms with Gasteiger partial charge in [-0.15, -0.1) is 0 Å². The Morgan fingerprint density at radius 2 is 1.56 bits per heavy atom. The third kappa shape index (κ3) is 5.72. The van der Waals surface area contributed by atoms with Crippen molar-refractivity contribution in [2.45, 2.75) is 89.4 Å². The SMILES string of the molecule is CCC1(CC)CC2(CC(C)(C)N1OCCc1ccccc1)OCC(COCc1ccccc1)O2. The van der Waals surface area contributed by atoms with Crippen LogP contribution in [0.25, 0.3) is 0 Å². The van der Waals surface area contributed by atoms with Crippen LogP contribution in [0.2, 0.25) is 0 Å². The molecule has 0 amide bonds. The third-order valence-corrected chi connectivity index (χ3v) is 7.38. The van der Waals surface area contributed by atoms with Gasteiger partial charge in [0.15, 0.2) is 5.79 Å². The average Bonchev–Trinajstić information content (AvgIpc) is 3.22. The number of piperidine rings is 1. The predicted molar refractivity (Wildman–Crippen MR) is 134 cm³/mol. The highest BCUT2D eigenvalue weighted by Crippen LogP contribution is 2.51. The molecule has 2 aromatic carbocycles. The molecule has 0 N–H and O–H groups in total. The second kappa shape index (κ2) is 10.9. The van der Waals surface area contributed by atoms with Crippen molar-refractivity contribution < 1.29 is 19.0 Å². The molecule has 2 aliphatic heterocycles. The van der Waals surface area contributed by atoms with Crippen molar-refractivity contribution in [2.24, 2.45) is 0 Å². The lowest BCUT2D eigenvalue weighted by Crippen LogP contribution is -2.67. The molecule has 4 rings (SSSR count). The molecule has 0 radical (unpaired) electrons. The molecule has 2 atom stereocenters. The molecule has 0 bridgehead atoms. The summed E-state index contributed by atoms with van der Waals surface area (Å²) in [5, 5.41) is 2.28. The summed E-state index contributed by atoms with van der Waals surface area (Å²) >= 11 is 0. The highest BCUT2D eigenvalue weighted by molar-refractivity contribution is 5.15. The Kier molecular flexibility index (Phi) is 8.11. The molecule has 2 fully saturated rings. The maximum absolute atomic E-state index is 6.62. The van der Waals surface area contributed by atoms with E-state index >= 15 is 0 Å². The predicted octanol–water partition coefficient (Wildman–Crippen LogP) is 5.92. The second-order valence-electron chi connectivity index (χ2n) is 10.4. The van der Waals surface area contributed by atoms with Crippen LogP contribution < -0.4 is 0 Å². The third-order valence-electron chi connectivity index (χ3n) is 7.38. The highest BCUT2D eigenvalue weighted by atomic mass is 16.8. The fourth-order valence-corrected chi connectivity index (χ4v) is 5.77. The molecule has 5 nitrogen and oxygen atoms in total. The van der Waals surface area contributed by atoms with Crippen molar-refractivity contribution in [2.75, 3.05) is 19.8 Å². The van der Waals surface area contributed by atoms with Crippen LogP contribution in [-0.2, 0) is 32.1 Å². The molecule has 2 aliphatic rings. The van der Waals surface area contributed by atoms with Gasteiger partial charge in [0.25, 0.3) is 0 Å². The Balaban J connectivity index is 1.39. The van der Waals surface area contributed by atoms with E-state index in [4.69, 9.17) is 19.0 Å². The summed E-state index contributed by atoms with van der Waals surface area (Å²) in [4.78, 5) is 6.54. The van der Waals surface area contributed by atoms with E-state index in [1.54, 1.807) is 0 Å². The van der Waals surface area contributed by atoms with Crippen LogP contribution in [0.3, 0.4) is 0 Å². The Morgan fingerprint density at radius 3 is 2.21 bits per heavy atom. The normalized spacial score (nSPS) is 26.2. The zero-order valence-electron chi connectivity index (χ0n) is 21.3. The smallest absolute Gasteiger partial charge is 0.172 e. The summed E-state index contributed by atoms with van der Waals surface area (Å²) in [7, 11) is 0. The summed E-state index contributed by atoms with van der Waals surface area (Å²) in [6.45, 7) is 11.4. The minimum Gasteiger partial charge on any atom is -0.374 e. The maximum Gasteiger partial charge on any atom is 0.172 e. The molecule has 2 heterocycles. The summed E-state index contributed by atoms with van der Waals surface area (Å²) in [5.74, 6) is -0.588. The Labute approximate surface area is 205 Å². The number of hydrogen-bond acceptors (Lipinski definition) is 5. The topological polar surface area (TPSA) is 40.2 Å². The van der Waals surface area contributed by atoms with E-state index in [2.05, 4.69) is 75.2 Å². The van der Waals surface area contributed by atoms with E-state index in [0.29, 0.717) is 26.4 Å². The number of benzene rings is 2. The Morgan fingerprint density at radius 1 is 0.912 bits per heavy atom. The van der Waals surface area contributed by atoms with Gasteiger partial charge in [-0.05, 0) is 44.2 Å². The van der Waals surface area contributed by atoms with Crippen molar-refractivity contribution >= 4 is 0 Å². The first-order valence-corrected chi connectivity index (χ1v) is 12.8. The molecule has 186 valence electrons. The molecule has 0 aliphatic carbocycles. The van der Waals surface area contributed by atoms with Crippen LogP contribution in [0, 0.1) is 0 Å². The van der Waals surface area contributed by atoms with Crippen molar-refractivity contribution in [1.29, 1.82) is 0 Å². The van der Waals surface area contributed by atoms with Crippen LogP contribution >= 0.6 is 0 Å². The van der Waals surface area contributed by atoms with Crippen LogP contribution in [0.1, 0.15) is 64.5 Å². The Hall–Kier alpha value is -1.76. The summed E-state index contributed by atoms with van der Waals surface area (Å²) < 4.78 is 19.0. The highest BCUT2D eigenvalue weighted by Gasteiger charge is 2.59. The van der Waals surface area contributed by atoms with Crippen molar-refractivity contribution in [1.82, 2.24) is 5.06 Å². The fraction of sp³-hybridized carbons (Fsp3) is 0.586. The first kappa shape index (κ1) is 25.3. The summed E-state index contributed by atoms with van der Waals surface area (Å²) in [6, 6.07) is 20.8. The van der Waals surface area contributed by atoms with Gasteiger partial charge in [-0.1, -0.05) is 74.5 Å². The fourth-order valence-electron chi connectivity index (χ4n) is 5.77. The first-order chi connectivity index (χ1) is 16.4. The number of hydrogen-bond donors (Lipinski definition) is 0. The molecule has 0 saturated carbocycles. The lowest BCUT2D eigenvalue weighted by molar-refractivity contribution is -0.346.